The smallest absolute Gasteiger partial charge is 0.237 e. The van der Waals surface area contributed by atoms with Crippen molar-refractivity contribution in [1.82, 2.24) is 15.5 Å². The predicted molar refractivity (Wildman–Crippen MR) is 80.1 cm³/mol. The molecule has 0 radical (unpaired) electrons. The third-order valence-electron chi connectivity index (χ3n) is 5.81. The summed E-state index contributed by atoms with van der Waals surface area (Å²) in [6.45, 7) is 3.28. The van der Waals surface area contributed by atoms with Gasteiger partial charge in [0.15, 0.2) is 0 Å². The highest BCUT2D eigenvalue weighted by Crippen LogP contribution is 2.34. The Balaban J connectivity index is 1.36. The third kappa shape index (κ3) is 2.71. The van der Waals surface area contributed by atoms with Gasteiger partial charge in [-0.15, -0.1) is 0 Å². The van der Waals surface area contributed by atoms with Crippen LogP contribution < -0.4 is 10.6 Å². The minimum absolute atomic E-state index is 0.104. The molecule has 0 aromatic rings. The summed E-state index contributed by atoms with van der Waals surface area (Å²) >= 11 is 0. The second-order valence-electron chi connectivity index (χ2n) is 7.10. The summed E-state index contributed by atoms with van der Waals surface area (Å²) in [5.41, 5.74) is 0. The van der Waals surface area contributed by atoms with E-state index in [4.69, 9.17) is 4.74 Å². The summed E-state index contributed by atoms with van der Waals surface area (Å²) in [7, 11) is 0. The number of carbonyl (C=O) groups is 1. The monoisotopic (exact) mass is 293 g/mol. The third-order valence-corrected chi connectivity index (χ3v) is 5.81. The molecule has 4 fully saturated rings. The zero-order chi connectivity index (χ0) is 14.2. The lowest BCUT2D eigenvalue weighted by Crippen LogP contribution is -2.53. The molecule has 4 heterocycles. The number of hydrogen-bond donors (Lipinski definition) is 2. The van der Waals surface area contributed by atoms with E-state index in [0.29, 0.717) is 12.1 Å². The number of fused-ring (bicyclic) bond motifs is 2. The molecule has 0 spiro atoms. The van der Waals surface area contributed by atoms with Crippen molar-refractivity contribution >= 4 is 5.91 Å². The van der Waals surface area contributed by atoms with Crippen LogP contribution in [0.1, 0.15) is 44.9 Å². The minimum Gasteiger partial charge on any atom is -0.373 e. The van der Waals surface area contributed by atoms with Crippen LogP contribution in [0.25, 0.3) is 0 Å². The zero-order valence-corrected chi connectivity index (χ0v) is 12.7. The van der Waals surface area contributed by atoms with Crippen LogP contribution in [0.2, 0.25) is 0 Å². The fourth-order valence-electron chi connectivity index (χ4n) is 4.71. The zero-order valence-electron chi connectivity index (χ0n) is 12.7. The van der Waals surface area contributed by atoms with Crippen molar-refractivity contribution < 1.29 is 9.53 Å². The Bertz CT molecular complexity index is 397. The van der Waals surface area contributed by atoms with Crippen molar-refractivity contribution in [1.29, 1.82) is 0 Å². The molecule has 4 saturated heterocycles. The van der Waals surface area contributed by atoms with E-state index in [1.54, 1.807) is 0 Å². The van der Waals surface area contributed by atoms with E-state index >= 15 is 0 Å². The lowest BCUT2D eigenvalue weighted by atomic mass is 9.95. The van der Waals surface area contributed by atoms with E-state index in [1.807, 2.05) is 0 Å². The number of amides is 1. The van der Waals surface area contributed by atoms with Gasteiger partial charge in [-0.2, -0.15) is 0 Å². The fraction of sp³-hybridized carbons (Fsp3) is 0.938. The molecule has 1 amide bonds. The van der Waals surface area contributed by atoms with Gasteiger partial charge < -0.3 is 15.4 Å². The van der Waals surface area contributed by atoms with Gasteiger partial charge in [-0.1, -0.05) is 0 Å². The summed E-state index contributed by atoms with van der Waals surface area (Å²) in [4.78, 5) is 15.2. The first-order valence-electron chi connectivity index (χ1n) is 8.73. The molecular weight excluding hydrogens is 266 g/mol. The molecule has 4 unspecified atom stereocenters. The maximum atomic E-state index is 12.7. The quantitative estimate of drug-likeness (QED) is 0.802. The van der Waals surface area contributed by atoms with E-state index in [2.05, 4.69) is 15.5 Å². The lowest BCUT2D eigenvalue weighted by molar-refractivity contribution is -0.127. The summed E-state index contributed by atoms with van der Waals surface area (Å²) in [6.07, 6.45) is 8.57. The fourth-order valence-corrected chi connectivity index (χ4v) is 4.71. The maximum absolute atomic E-state index is 12.7. The second-order valence-corrected chi connectivity index (χ2v) is 7.10. The van der Waals surface area contributed by atoms with Crippen molar-refractivity contribution in [2.75, 3.05) is 19.6 Å². The molecule has 0 aliphatic carbocycles. The first-order valence-corrected chi connectivity index (χ1v) is 8.73. The highest BCUT2D eigenvalue weighted by Gasteiger charge is 2.43. The van der Waals surface area contributed by atoms with Crippen LogP contribution in [0.5, 0.6) is 0 Å². The number of nitrogens with zero attached hydrogens (tertiary/aromatic N) is 1. The maximum Gasteiger partial charge on any atom is 0.237 e. The predicted octanol–water partition coefficient (Wildman–Crippen LogP) is 0.639. The van der Waals surface area contributed by atoms with E-state index in [-0.39, 0.29) is 24.1 Å². The molecule has 5 nitrogen and oxygen atoms in total. The van der Waals surface area contributed by atoms with Gasteiger partial charge in [-0.05, 0) is 64.6 Å². The minimum atomic E-state index is 0.104. The number of nitrogens with one attached hydrogen (secondary N) is 2. The van der Waals surface area contributed by atoms with Gasteiger partial charge in [0.1, 0.15) is 0 Å². The molecule has 5 heteroatoms. The molecule has 0 aromatic carbocycles. The second kappa shape index (κ2) is 5.86. The molecule has 0 saturated carbocycles. The average Bonchev–Trinajstić information content (AvgIpc) is 3.24. The van der Waals surface area contributed by atoms with Crippen molar-refractivity contribution in [3.05, 3.63) is 0 Å². The first kappa shape index (κ1) is 14.0. The van der Waals surface area contributed by atoms with Gasteiger partial charge >= 0.3 is 0 Å². The molecule has 4 atom stereocenters. The number of rotatable bonds is 3. The standard InChI is InChI=1S/C16H27N3O2/c20-16(18-13-10-12-3-4-15(13)21-12)14-2-1-9-19(14)11-5-7-17-8-6-11/h11-15,17H,1-10H2,(H,18,20). The van der Waals surface area contributed by atoms with Gasteiger partial charge in [0.2, 0.25) is 5.91 Å². The molecule has 2 N–H and O–H groups in total. The molecule has 4 aliphatic rings. The molecule has 4 aliphatic heterocycles. The Morgan fingerprint density at radius 1 is 1.14 bits per heavy atom. The average molecular weight is 293 g/mol. The van der Waals surface area contributed by atoms with Gasteiger partial charge in [-0.25, -0.2) is 0 Å². The van der Waals surface area contributed by atoms with Crippen LogP contribution in [0.15, 0.2) is 0 Å². The Labute approximate surface area is 126 Å². The van der Waals surface area contributed by atoms with E-state index < -0.39 is 0 Å². The molecule has 4 rings (SSSR count). The highest BCUT2D eigenvalue weighted by atomic mass is 16.5. The van der Waals surface area contributed by atoms with Crippen LogP contribution in [-0.4, -0.2) is 60.8 Å². The van der Waals surface area contributed by atoms with Crippen molar-refractivity contribution in [3.8, 4) is 0 Å². The van der Waals surface area contributed by atoms with Gasteiger partial charge in [-0.3, -0.25) is 9.69 Å². The van der Waals surface area contributed by atoms with Gasteiger partial charge in [0, 0.05) is 6.04 Å². The summed E-state index contributed by atoms with van der Waals surface area (Å²) in [5.74, 6) is 0.257. The van der Waals surface area contributed by atoms with Gasteiger partial charge in [0.05, 0.1) is 24.3 Å². The number of carbonyl (C=O) groups excluding carboxylic acids is 1. The topological polar surface area (TPSA) is 53.6 Å². The van der Waals surface area contributed by atoms with Crippen LogP contribution >= 0.6 is 0 Å². The van der Waals surface area contributed by atoms with Crippen LogP contribution in [0, 0.1) is 0 Å². The normalized spacial score (nSPS) is 40.8. The first-order chi connectivity index (χ1) is 10.3. The largest absolute Gasteiger partial charge is 0.373 e. The van der Waals surface area contributed by atoms with Crippen molar-refractivity contribution in [2.45, 2.75) is 75.3 Å². The van der Waals surface area contributed by atoms with Crippen molar-refractivity contribution in [2.24, 2.45) is 0 Å². The Hall–Kier alpha value is -0.650. The van der Waals surface area contributed by atoms with Gasteiger partial charge in [0.25, 0.3) is 0 Å². The van der Waals surface area contributed by atoms with Crippen LogP contribution in [0.3, 0.4) is 0 Å². The number of hydrogen-bond acceptors (Lipinski definition) is 4. The Morgan fingerprint density at radius 2 is 2.00 bits per heavy atom. The van der Waals surface area contributed by atoms with E-state index in [0.717, 1.165) is 45.3 Å². The summed E-state index contributed by atoms with van der Waals surface area (Å²) in [5, 5.41) is 6.72. The number of likely N-dealkylation sites (tertiary alicyclic amines) is 1. The number of piperidine rings is 1. The Kier molecular flexibility index (Phi) is 3.90. The molecule has 2 bridgehead atoms. The summed E-state index contributed by atoms with van der Waals surface area (Å²) < 4.78 is 5.85. The summed E-state index contributed by atoms with van der Waals surface area (Å²) in [6, 6.07) is 0.972. The van der Waals surface area contributed by atoms with Crippen LogP contribution in [-0.2, 0) is 9.53 Å². The lowest BCUT2D eigenvalue weighted by Gasteiger charge is -2.35. The highest BCUT2D eigenvalue weighted by molar-refractivity contribution is 5.82. The molecule has 21 heavy (non-hydrogen) atoms. The van der Waals surface area contributed by atoms with E-state index in [1.165, 1.54) is 19.3 Å². The molecule has 118 valence electrons. The molecular formula is C16H27N3O2. The number of ether oxygens (including phenoxy) is 1. The van der Waals surface area contributed by atoms with Crippen LogP contribution in [0.4, 0.5) is 0 Å². The van der Waals surface area contributed by atoms with E-state index in [9.17, 15) is 4.79 Å². The SMILES string of the molecule is O=C(NC1CC2CCC1O2)C1CCCN1C1CCNCC1. The Morgan fingerprint density at radius 3 is 2.71 bits per heavy atom. The molecule has 0 aromatic heterocycles. The van der Waals surface area contributed by atoms with Crippen molar-refractivity contribution in [3.63, 3.8) is 0 Å².